The molecular weight excluding hydrogens is 348 g/mol. The number of hydrogen-bond donors (Lipinski definition) is 2. The highest BCUT2D eigenvalue weighted by Crippen LogP contribution is 2.07. The van der Waals surface area contributed by atoms with Gasteiger partial charge in [0.1, 0.15) is 0 Å². The Labute approximate surface area is 170 Å². The van der Waals surface area contributed by atoms with Crippen molar-refractivity contribution in [1.82, 2.24) is 25.3 Å². The van der Waals surface area contributed by atoms with Crippen molar-refractivity contribution in [3.63, 3.8) is 0 Å². The normalized spacial score (nSPS) is 13.0. The summed E-state index contributed by atoms with van der Waals surface area (Å²) >= 11 is 0. The van der Waals surface area contributed by atoms with Crippen LogP contribution in [0.25, 0.3) is 0 Å². The van der Waals surface area contributed by atoms with Crippen LogP contribution in [0.3, 0.4) is 0 Å². The third-order valence-corrected chi connectivity index (χ3v) is 4.79. The molecule has 6 nitrogen and oxygen atoms in total. The number of nitrogens with one attached hydrogen (secondary N) is 2. The SMILES string of the molecule is CCNC(=NCC(Cc1ccccc1)N(C)C)NCCCn1nc(C)cc1C. The first-order chi connectivity index (χ1) is 13.5. The van der Waals surface area contributed by atoms with E-state index in [0.29, 0.717) is 6.04 Å². The Morgan fingerprint density at radius 3 is 2.54 bits per heavy atom. The number of nitrogens with zero attached hydrogens (tertiary/aromatic N) is 4. The van der Waals surface area contributed by atoms with Crippen molar-refractivity contribution in [3.05, 3.63) is 53.3 Å². The third kappa shape index (κ3) is 7.35. The maximum Gasteiger partial charge on any atom is 0.191 e. The maximum atomic E-state index is 4.83. The van der Waals surface area contributed by atoms with Crippen LogP contribution in [0.1, 0.15) is 30.3 Å². The summed E-state index contributed by atoms with van der Waals surface area (Å²) in [5, 5.41) is 11.3. The molecule has 0 fully saturated rings. The van der Waals surface area contributed by atoms with Crippen molar-refractivity contribution in [1.29, 1.82) is 0 Å². The summed E-state index contributed by atoms with van der Waals surface area (Å²) in [5.74, 6) is 0.885. The quantitative estimate of drug-likeness (QED) is 0.376. The predicted octanol–water partition coefficient (Wildman–Crippen LogP) is 2.62. The van der Waals surface area contributed by atoms with E-state index in [4.69, 9.17) is 4.99 Å². The first-order valence-corrected chi connectivity index (χ1v) is 10.2. The molecule has 0 saturated heterocycles. The van der Waals surface area contributed by atoms with Gasteiger partial charge in [-0.2, -0.15) is 5.10 Å². The number of benzene rings is 1. The van der Waals surface area contributed by atoms with Crippen LogP contribution in [0.5, 0.6) is 0 Å². The van der Waals surface area contributed by atoms with Crippen molar-refractivity contribution in [2.75, 3.05) is 33.7 Å². The molecule has 2 aromatic rings. The van der Waals surface area contributed by atoms with Crippen LogP contribution in [0.15, 0.2) is 41.4 Å². The van der Waals surface area contributed by atoms with E-state index in [2.05, 4.69) is 89.7 Å². The average molecular weight is 385 g/mol. The van der Waals surface area contributed by atoms with Crippen LogP contribution in [-0.2, 0) is 13.0 Å². The number of aromatic nitrogens is 2. The highest BCUT2D eigenvalue weighted by molar-refractivity contribution is 5.79. The molecule has 0 aliphatic heterocycles. The van der Waals surface area contributed by atoms with Crippen molar-refractivity contribution >= 4 is 5.96 Å². The Morgan fingerprint density at radius 2 is 1.93 bits per heavy atom. The molecule has 2 rings (SSSR count). The molecule has 154 valence electrons. The third-order valence-electron chi connectivity index (χ3n) is 4.79. The number of aliphatic imine (C=N–C) groups is 1. The molecule has 1 aromatic heterocycles. The summed E-state index contributed by atoms with van der Waals surface area (Å²) in [5.41, 5.74) is 3.64. The molecule has 1 atom stereocenters. The molecule has 0 saturated carbocycles. The van der Waals surface area contributed by atoms with Crippen LogP contribution >= 0.6 is 0 Å². The number of rotatable bonds is 10. The monoisotopic (exact) mass is 384 g/mol. The van der Waals surface area contributed by atoms with Crippen LogP contribution in [0.2, 0.25) is 0 Å². The lowest BCUT2D eigenvalue weighted by Crippen LogP contribution is -2.40. The van der Waals surface area contributed by atoms with Gasteiger partial charge in [-0.3, -0.25) is 9.67 Å². The number of guanidine groups is 1. The Bertz CT molecular complexity index is 720. The lowest BCUT2D eigenvalue weighted by molar-refractivity contribution is 0.298. The van der Waals surface area contributed by atoms with Gasteiger partial charge in [0.2, 0.25) is 0 Å². The molecule has 0 amide bonds. The molecule has 6 heteroatoms. The molecular formula is C22H36N6. The van der Waals surface area contributed by atoms with Gasteiger partial charge in [0.25, 0.3) is 0 Å². The lowest BCUT2D eigenvalue weighted by atomic mass is 10.1. The van der Waals surface area contributed by atoms with Crippen LogP contribution in [-0.4, -0.2) is 60.4 Å². The fraction of sp³-hybridized carbons (Fsp3) is 0.545. The summed E-state index contributed by atoms with van der Waals surface area (Å²) in [6.07, 6.45) is 2.00. The van der Waals surface area contributed by atoms with E-state index in [9.17, 15) is 0 Å². The number of aryl methyl sites for hydroxylation is 3. The number of likely N-dealkylation sites (N-methyl/N-ethyl adjacent to an activating group) is 1. The molecule has 0 spiro atoms. The highest BCUT2D eigenvalue weighted by atomic mass is 15.3. The van der Waals surface area contributed by atoms with Gasteiger partial charge in [0.15, 0.2) is 5.96 Å². The lowest BCUT2D eigenvalue weighted by Gasteiger charge is -2.23. The van der Waals surface area contributed by atoms with Crippen molar-refractivity contribution in [3.8, 4) is 0 Å². The first kappa shape index (κ1) is 22.0. The van der Waals surface area contributed by atoms with E-state index in [0.717, 1.165) is 50.7 Å². The fourth-order valence-electron chi connectivity index (χ4n) is 3.17. The zero-order valence-electron chi connectivity index (χ0n) is 18.1. The van der Waals surface area contributed by atoms with Gasteiger partial charge in [-0.15, -0.1) is 0 Å². The van der Waals surface area contributed by atoms with E-state index in [-0.39, 0.29) is 0 Å². The Hall–Kier alpha value is -2.34. The second-order valence-corrected chi connectivity index (χ2v) is 7.46. The van der Waals surface area contributed by atoms with Gasteiger partial charge in [0.05, 0.1) is 12.2 Å². The summed E-state index contributed by atoms with van der Waals surface area (Å²) in [6, 6.07) is 13.1. The van der Waals surface area contributed by atoms with Crippen LogP contribution in [0.4, 0.5) is 0 Å². The standard InChI is InChI=1S/C22H36N6/c1-6-23-22(24-13-10-14-28-19(3)15-18(2)26-28)25-17-21(27(4)5)16-20-11-8-7-9-12-20/h7-9,11-12,15,21H,6,10,13-14,16-17H2,1-5H3,(H2,23,24,25). The topological polar surface area (TPSA) is 57.5 Å². The number of hydrogen-bond acceptors (Lipinski definition) is 3. The Morgan fingerprint density at radius 1 is 1.18 bits per heavy atom. The van der Waals surface area contributed by atoms with E-state index >= 15 is 0 Å². The molecule has 28 heavy (non-hydrogen) atoms. The van der Waals surface area contributed by atoms with Crippen molar-refractivity contribution < 1.29 is 0 Å². The smallest absolute Gasteiger partial charge is 0.191 e. The molecule has 0 aliphatic carbocycles. The summed E-state index contributed by atoms with van der Waals surface area (Å²) in [4.78, 5) is 7.08. The molecule has 1 aromatic carbocycles. The average Bonchev–Trinajstić information content (AvgIpc) is 2.99. The minimum Gasteiger partial charge on any atom is -0.357 e. The summed E-state index contributed by atoms with van der Waals surface area (Å²) in [6.45, 7) is 9.64. The molecule has 1 heterocycles. The van der Waals surface area contributed by atoms with Crippen LogP contribution < -0.4 is 10.6 Å². The molecule has 0 bridgehead atoms. The largest absolute Gasteiger partial charge is 0.357 e. The maximum absolute atomic E-state index is 4.83. The summed E-state index contributed by atoms with van der Waals surface area (Å²) in [7, 11) is 4.25. The van der Waals surface area contributed by atoms with E-state index in [1.807, 2.05) is 6.92 Å². The second kappa shape index (κ2) is 11.5. The van der Waals surface area contributed by atoms with Gasteiger partial charge >= 0.3 is 0 Å². The zero-order chi connectivity index (χ0) is 20.4. The predicted molar refractivity (Wildman–Crippen MR) is 118 cm³/mol. The molecule has 2 N–H and O–H groups in total. The van der Waals surface area contributed by atoms with Crippen molar-refractivity contribution in [2.45, 2.75) is 46.2 Å². The van der Waals surface area contributed by atoms with E-state index < -0.39 is 0 Å². The van der Waals surface area contributed by atoms with Crippen LogP contribution in [0, 0.1) is 13.8 Å². The molecule has 0 aliphatic rings. The molecule has 1 unspecified atom stereocenters. The van der Waals surface area contributed by atoms with E-state index in [1.54, 1.807) is 0 Å². The Balaban J connectivity index is 1.85. The van der Waals surface area contributed by atoms with E-state index in [1.165, 1.54) is 11.3 Å². The highest BCUT2D eigenvalue weighted by Gasteiger charge is 2.12. The van der Waals surface area contributed by atoms with Gasteiger partial charge in [-0.25, -0.2) is 0 Å². The fourth-order valence-corrected chi connectivity index (χ4v) is 3.17. The summed E-state index contributed by atoms with van der Waals surface area (Å²) < 4.78 is 2.07. The van der Waals surface area contributed by atoms with Gasteiger partial charge in [-0.1, -0.05) is 30.3 Å². The second-order valence-electron chi connectivity index (χ2n) is 7.46. The van der Waals surface area contributed by atoms with Gasteiger partial charge in [0, 0.05) is 31.4 Å². The van der Waals surface area contributed by atoms with Gasteiger partial charge in [-0.05, 0) is 59.3 Å². The zero-order valence-corrected chi connectivity index (χ0v) is 18.1. The minimum atomic E-state index is 0.368. The minimum absolute atomic E-state index is 0.368. The van der Waals surface area contributed by atoms with Crippen molar-refractivity contribution in [2.24, 2.45) is 4.99 Å². The Kier molecular flexibility index (Phi) is 9.01. The van der Waals surface area contributed by atoms with Gasteiger partial charge < -0.3 is 15.5 Å². The first-order valence-electron chi connectivity index (χ1n) is 10.2. The molecule has 0 radical (unpaired) electrons.